The number of carbonyl (C=O) groups is 2. The van der Waals surface area contributed by atoms with Gasteiger partial charge in [-0.05, 0) is 24.5 Å². The SMILES string of the molecule is O=C1C[C@H]2C(=O)C(CCc3ccccc3)Nc3cc([N+](=O)[O-])ccc3[C@@H]2O1. The lowest BCUT2D eigenvalue weighted by Crippen LogP contribution is -2.34. The Morgan fingerprint density at radius 3 is 2.67 bits per heavy atom. The number of anilines is 1. The van der Waals surface area contributed by atoms with Crippen LogP contribution in [-0.4, -0.2) is 22.7 Å². The van der Waals surface area contributed by atoms with Crippen LogP contribution in [0.2, 0.25) is 0 Å². The smallest absolute Gasteiger partial charge is 0.307 e. The van der Waals surface area contributed by atoms with E-state index in [1.165, 1.54) is 12.1 Å². The number of nitrogens with zero attached hydrogens (tertiary/aromatic N) is 1. The van der Waals surface area contributed by atoms with Crippen LogP contribution < -0.4 is 5.32 Å². The van der Waals surface area contributed by atoms with Crippen molar-refractivity contribution in [3.63, 3.8) is 0 Å². The van der Waals surface area contributed by atoms with Crippen LogP contribution in [0.3, 0.4) is 0 Å². The molecule has 0 bridgehead atoms. The molecule has 2 aromatic rings. The van der Waals surface area contributed by atoms with Gasteiger partial charge in [0, 0.05) is 23.4 Å². The van der Waals surface area contributed by atoms with Crippen LogP contribution >= 0.6 is 0 Å². The summed E-state index contributed by atoms with van der Waals surface area (Å²) in [7, 11) is 0. The molecule has 7 nitrogen and oxygen atoms in total. The van der Waals surface area contributed by atoms with E-state index in [0.717, 1.165) is 5.56 Å². The lowest BCUT2D eigenvalue weighted by atomic mass is 9.88. The van der Waals surface area contributed by atoms with Gasteiger partial charge in [0.15, 0.2) is 5.78 Å². The summed E-state index contributed by atoms with van der Waals surface area (Å²) in [6, 6.07) is 13.6. The number of benzene rings is 2. The van der Waals surface area contributed by atoms with Gasteiger partial charge in [0.2, 0.25) is 0 Å². The molecule has 7 heteroatoms. The molecule has 0 radical (unpaired) electrons. The normalized spacial score (nSPS) is 23.6. The summed E-state index contributed by atoms with van der Waals surface area (Å²) in [6.07, 6.45) is 0.571. The molecule has 1 N–H and O–H groups in total. The number of hydrogen-bond donors (Lipinski definition) is 1. The molecule has 1 fully saturated rings. The number of fused-ring (bicyclic) bond motifs is 3. The van der Waals surface area contributed by atoms with Gasteiger partial charge in [-0.15, -0.1) is 0 Å². The number of aryl methyl sites for hydroxylation is 1. The first kappa shape index (κ1) is 17.2. The van der Waals surface area contributed by atoms with E-state index in [9.17, 15) is 19.7 Å². The fourth-order valence-corrected chi connectivity index (χ4v) is 3.81. The molecule has 0 amide bonds. The first-order valence-electron chi connectivity index (χ1n) is 8.85. The van der Waals surface area contributed by atoms with Crippen LogP contribution in [0.25, 0.3) is 0 Å². The highest BCUT2D eigenvalue weighted by molar-refractivity contribution is 5.95. The number of Topliss-reactive ketones (excluding diaryl/α,β-unsaturated/α-hetero) is 1. The Morgan fingerprint density at radius 1 is 1.15 bits per heavy atom. The van der Waals surface area contributed by atoms with Crippen LogP contribution in [0.1, 0.15) is 30.1 Å². The predicted molar refractivity (Wildman–Crippen MR) is 97.2 cm³/mol. The average Bonchev–Trinajstić information content (AvgIpc) is 3.02. The third-order valence-corrected chi connectivity index (χ3v) is 5.17. The van der Waals surface area contributed by atoms with Gasteiger partial charge in [-0.3, -0.25) is 19.7 Å². The highest BCUT2D eigenvalue weighted by Crippen LogP contribution is 2.43. The molecule has 2 aliphatic heterocycles. The van der Waals surface area contributed by atoms with Gasteiger partial charge in [-0.1, -0.05) is 30.3 Å². The Labute approximate surface area is 155 Å². The maximum atomic E-state index is 13.1. The summed E-state index contributed by atoms with van der Waals surface area (Å²) in [5.74, 6) is -1.06. The Morgan fingerprint density at radius 2 is 1.93 bits per heavy atom. The van der Waals surface area contributed by atoms with E-state index >= 15 is 0 Å². The second kappa shape index (κ2) is 6.83. The predicted octanol–water partition coefficient (Wildman–Crippen LogP) is 3.20. The van der Waals surface area contributed by atoms with Crippen molar-refractivity contribution in [2.75, 3.05) is 5.32 Å². The quantitative estimate of drug-likeness (QED) is 0.507. The van der Waals surface area contributed by atoms with Gasteiger partial charge >= 0.3 is 5.97 Å². The van der Waals surface area contributed by atoms with Crippen molar-refractivity contribution in [1.82, 2.24) is 0 Å². The van der Waals surface area contributed by atoms with Crippen LogP contribution in [0.4, 0.5) is 11.4 Å². The highest BCUT2D eigenvalue weighted by atomic mass is 16.6. The van der Waals surface area contributed by atoms with Crippen LogP contribution in [0.5, 0.6) is 0 Å². The molecule has 1 saturated heterocycles. The molecule has 2 aliphatic rings. The van der Waals surface area contributed by atoms with Gasteiger partial charge in [-0.2, -0.15) is 0 Å². The number of hydrogen-bond acceptors (Lipinski definition) is 6. The highest BCUT2D eigenvalue weighted by Gasteiger charge is 2.46. The van der Waals surface area contributed by atoms with Gasteiger partial charge in [0.1, 0.15) is 6.10 Å². The minimum atomic E-state index is -0.685. The van der Waals surface area contributed by atoms with Crippen molar-refractivity contribution in [3.05, 3.63) is 69.8 Å². The molecule has 0 spiro atoms. The van der Waals surface area contributed by atoms with Gasteiger partial charge < -0.3 is 10.1 Å². The summed E-state index contributed by atoms with van der Waals surface area (Å²) < 4.78 is 5.38. The Bertz CT molecular complexity index is 912. The van der Waals surface area contributed by atoms with Crippen molar-refractivity contribution in [3.8, 4) is 0 Å². The first-order valence-corrected chi connectivity index (χ1v) is 8.85. The van der Waals surface area contributed by atoms with E-state index in [2.05, 4.69) is 5.32 Å². The molecular formula is C20H18N2O5. The number of non-ortho nitro benzene ring substituents is 1. The summed E-state index contributed by atoms with van der Waals surface area (Å²) in [5, 5.41) is 14.3. The van der Waals surface area contributed by atoms with Crippen LogP contribution in [-0.2, 0) is 20.7 Å². The number of carbonyl (C=O) groups excluding carboxylic acids is 2. The van der Waals surface area contributed by atoms with Gasteiger partial charge in [0.05, 0.1) is 23.3 Å². The van der Waals surface area contributed by atoms with Crippen LogP contribution in [0, 0.1) is 16.0 Å². The summed E-state index contributed by atoms with van der Waals surface area (Å²) >= 11 is 0. The third kappa shape index (κ3) is 3.28. The fraction of sp³-hybridized carbons (Fsp3) is 0.300. The van der Waals surface area contributed by atoms with E-state index in [1.54, 1.807) is 6.07 Å². The van der Waals surface area contributed by atoms with E-state index in [4.69, 9.17) is 4.74 Å². The minimum Gasteiger partial charge on any atom is -0.457 e. The lowest BCUT2D eigenvalue weighted by Gasteiger charge is -2.18. The number of ether oxygens (including phenoxy) is 1. The number of rotatable bonds is 4. The summed E-state index contributed by atoms with van der Waals surface area (Å²) in [4.78, 5) is 35.5. The molecule has 2 heterocycles. The molecule has 0 aliphatic carbocycles. The lowest BCUT2D eigenvalue weighted by molar-refractivity contribution is -0.384. The maximum absolute atomic E-state index is 13.1. The fourth-order valence-electron chi connectivity index (χ4n) is 3.81. The molecule has 3 atom stereocenters. The molecule has 4 rings (SSSR count). The number of ketones is 1. The number of nitro groups is 1. The third-order valence-electron chi connectivity index (χ3n) is 5.17. The molecule has 138 valence electrons. The first-order chi connectivity index (χ1) is 13.0. The van der Waals surface area contributed by atoms with Crippen molar-refractivity contribution >= 4 is 23.1 Å². The zero-order valence-electron chi connectivity index (χ0n) is 14.5. The molecule has 27 heavy (non-hydrogen) atoms. The van der Waals surface area contributed by atoms with E-state index in [1.807, 2.05) is 30.3 Å². The van der Waals surface area contributed by atoms with E-state index in [-0.39, 0.29) is 17.9 Å². The van der Waals surface area contributed by atoms with Gasteiger partial charge in [-0.25, -0.2) is 0 Å². The number of esters is 1. The second-order valence-corrected chi connectivity index (χ2v) is 6.87. The second-order valence-electron chi connectivity index (χ2n) is 6.87. The Kier molecular flexibility index (Phi) is 4.35. The monoisotopic (exact) mass is 366 g/mol. The van der Waals surface area contributed by atoms with Crippen molar-refractivity contribution in [2.24, 2.45) is 5.92 Å². The minimum absolute atomic E-state index is 0.0451. The zero-order valence-corrected chi connectivity index (χ0v) is 14.5. The van der Waals surface area contributed by atoms with Crippen molar-refractivity contribution in [2.45, 2.75) is 31.4 Å². The Hall–Kier alpha value is -3.22. The number of nitrogens with one attached hydrogen (secondary N) is 1. The molecule has 1 unspecified atom stereocenters. The molecular weight excluding hydrogens is 348 g/mol. The molecule has 2 aromatic carbocycles. The standard InChI is InChI=1S/C20H18N2O5/c23-18-11-15-19(24)16(9-6-12-4-2-1-3-5-12)21-17-10-13(22(25)26)7-8-14(17)20(15)27-18/h1-5,7-8,10,15-16,20-21H,6,9,11H2/t15-,16?,20-/m0/s1. The van der Waals surface area contributed by atoms with E-state index in [0.29, 0.717) is 24.1 Å². The maximum Gasteiger partial charge on any atom is 0.307 e. The number of nitro benzene ring substituents is 1. The topological polar surface area (TPSA) is 98.5 Å². The van der Waals surface area contributed by atoms with E-state index < -0.39 is 29.0 Å². The average molecular weight is 366 g/mol. The molecule has 0 saturated carbocycles. The Balaban J connectivity index is 1.67. The molecule has 0 aromatic heterocycles. The van der Waals surface area contributed by atoms with Gasteiger partial charge in [0.25, 0.3) is 5.69 Å². The zero-order chi connectivity index (χ0) is 19.0. The van der Waals surface area contributed by atoms with Crippen LogP contribution in [0.15, 0.2) is 48.5 Å². The largest absolute Gasteiger partial charge is 0.457 e. The summed E-state index contributed by atoms with van der Waals surface area (Å²) in [6.45, 7) is 0. The van der Waals surface area contributed by atoms with Crippen molar-refractivity contribution < 1.29 is 19.2 Å². The van der Waals surface area contributed by atoms with Crippen molar-refractivity contribution in [1.29, 1.82) is 0 Å². The summed E-state index contributed by atoms with van der Waals surface area (Å²) in [5.41, 5.74) is 2.13.